The van der Waals surface area contributed by atoms with Gasteiger partial charge in [0.05, 0.1) is 36.4 Å². The zero-order valence-electron chi connectivity index (χ0n) is 18.6. The van der Waals surface area contributed by atoms with Crippen LogP contribution in [0.5, 0.6) is 11.5 Å². The molecule has 34 heavy (non-hydrogen) atoms. The first-order valence-electron chi connectivity index (χ1n) is 10.3. The predicted octanol–water partition coefficient (Wildman–Crippen LogP) is 5.95. The van der Waals surface area contributed by atoms with Crippen LogP contribution in [0.1, 0.15) is 22.7 Å². The Hall–Kier alpha value is -3.48. The predicted molar refractivity (Wildman–Crippen MR) is 132 cm³/mol. The number of anilines is 1. The Morgan fingerprint density at radius 2 is 1.65 bits per heavy atom. The molecule has 0 saturated carbocycles. The highest BCUT2D eigenvalue weighted by Gasteiger charge is 2.47. The fourth-order valence-electron chi connectivity index (χ4n) is 4.11. The second-order valence-electron chi connectivity index (χ2n) is 7.70. The van der Waals surface area contributed by atoms with Crippen molar-refractivity contribution in [2.45, 2.75) is 13.0 Å². The number of aliphatic hydroxyl groups excluding tert-OH is 1. The Morgan fingerprint density at radius 1 is 0.971 bits per heavy atom. The Bertz CT molecular complexity index is 1320. The lowest BCUT2D eigenvalue weighted by Gasteiger charge is -2.27. The fourth-order valence-corrected chi connectivity index (χ4v) is 4.68. The molecule has 6 nitrogen and oxygen atoms in total. The number of rotatable bonds is 5. The third kappa shape index (κ3) is 4.00. The van der Waals surface area contributed by atoms with Gasteiger partial charge < -0.3 is 14.6 Å². The second-order valence-corrected chi connectivity index (χ2v) is 8.54. The topological polar surface area (TPSA) is 76.1 Å². The largest absolute Gasteiger partial charge is 0.507 e. The summed E-state index contributed by atoms with van der Waals surface area (Å²) >= 11 is 12.4. The van der Waals surface area contributed by atoms with Crippen LogP contribution in [0.4, 0.5) is 5.69 Å². The van der Waals surface area contributed by atoms with Crippen molar-refractivity contribution in [1.82, 2.24) is 0 Å². The minimum absolute atomic E-state index is 0.102. The van der Waals surface area contributed by atoms with Gasteiger partial charge in [-0.25, -0.2) is 0 Å². The van der Waals surface area contributed by atoms with Crippen molar-refractivity contribution in [2.75, 3.05) is 19.1 Å². The zero-order chi connectivity index (χ0) is 24.6. The molecular weight excluding hydrogens is 477 g/mol. The molecule has 3 aromatic rings. The molecular formula is C26H21Cl2NO5. The third-order valence-corrected chi connectivity index (χ3v) is 6.22. The van der Waals surface area contributed by atoms with E-state index in [4.69, 9.17) is 32.7 Å². The van der Waals surface area contributed by atoms with E-state index in [9.17, 15) is 14.7 Å². The van der Waals surface area contributed by atoms with Crippen LogP contribution in [0.3, 0.4) is 0 Å². The quantitative estimate of drug-likeness (QED) is 0.268. The average Bonchev–Trinajstić information content (AvgIpc) is 3.09. The molecule has 1 aliphatic rings. The first kappa shape index (κ1) is 23.7. The molecule has 1 aliphatic heterocycles. The molecule has 1 amide bonds. The van der Waals surface area contributed by atoms with Crippen LogP contribution in [0, 0.1) is 6.92 Å². The Morgan fingerprint density at radius 3 is 2.26 bits per heavy atom. The highest BCUT2D eigenvalue weighted by atomic mass is 35.5. The molecule has 0 spiro atoms. The summed E-state index contributed by atoms with van der Waals surface area (Å²) in [6, 6.07) is 16.2. The van der Waals surface area contributed by atoms with E-state index in [-0.39, 0.29) is 26.9 Å². The van der Waals surface area contributed by atoms with Crippen LogP contribution in [0.25, 0.3) is 5.76 Å². The van der Waals surface area contributed by atoms with Gasteiger partial charge in [0.2, 0.25) is 0 Å². The number of hydrogen-bond acceptors (Lipinski definition) is 5. The normalized spacial score (nSPS) is 17.2. The zero-order valence-corrected chi connectivity index (χ0v) is 20.1. The van der Waals surface area contributed by atoms with Gasteiger partial charge in [0.25, 0.3) is 11.7 Å². The number of hydrogen-bond donors (Lipinski definition) is 1. The van der Waals surface area contributed by atoms with E-state index in [1.807, 2.05) is 19.1 Å². The molecule has 1 saturated heterocycles. The van der Waals surface area contributed by atoms with Gasteiger partial charge in [-0.1, -0.05) is 53.5 Å². The number of para-hydroxylation sites is 1. The molecule has 0 aromatic heterocycles. The summed E-state index contributed by atoms with van der Waals surface area (Å²) in [6.45, 7) is 1.85. The number of carbonyl (C=O) groups is 2. The summed E-state index contributed by atoms with van der Waals surface area (Å²) in [5.74, 6) is -1.28. The molecule has 1 atom stereocenters. The molecule has 1 fully saturated rings. The lowest BCUT2D eigenvalue weighted by Crippen LogP contribution is -2.30. The molecule has 1 N–H and O–H groups in total. The summed E-state index contributed by atoms with van der Waals surface area (Å²) in [4.78, 5) is 28.1. The Labute approximate surface area is 206 Å². The van der Waals surface area contributed by atoms with Crippen molar-refractivity contribution in [3.8, 4) is 11.5 Å². The maximum atomic E-state index is 13.4. The van der Waals surface area contributed by atoms with Crippen molar-refractivity contribution >= 4 is 46.3 Å². The fraction of sp³-hybridized carbons (Fsp3) is 0.154. The summed E-state index contributed by atoms with van der Waals surface area (Å²) in [7, 11) is 2.93. The van der Waals surface area contributed by atoms with E-state index in [1.54, 1.807) is 43.5 Å². The maximum Gasteiger partial charge on any atom is 0.300 e. The SMILES string of the molecule is COc1ccc(C2/C(=C(\O)c3cc(Cl)cc(Cl)c3OC)C(=O)C(=O)N2c2ccccc2C)cc1. The molecule has 1 heterocycles. The van der Waals surface area contributed by atoms with Crippen molar-refractivity contribution in [3.05, 3.63) is 93.0 Å². The van der Waals surface area contributed by atoms with Crippen LogP contribution in [0.2, 0.25) is 10.0 Å². The van der Waals surface area contributed by atoms with Gasteiger partial charge in [-0.2, -0.15) is 0 Å². The van der Waals surface area contributed by atoms with Crippen LogP contribution in [0.15, 0.2) is 66.2 Å². The number of benzene rings is 3. The number of nitrogens with zero attached hydrogens (tertiary/aromatic N) is 1. The summed E-state index contributed by atoms with van der Waals surface area (Å²) in [6.07, 6.45) is 0. The van der Waals surface area contributed by atoms with Crippen LogP contribution >= 0.6 is 23.2 Å². The summed E-state index contributed by atoms with van der Waals surface area (Å²) in [5, 5.41) is 11.8. The molecule has 1 unspecified atom stereocenters. The van der Waals surface area contributed by atoms with Crippen molar-refractivity contribution in [2.24, 2.45) is 0 Å². The maximum absolute atomic E-state index is 13.4. The molecule has 8 heteroatoms. The summed E-state index contributed by atoms with van der Waals surface area (Å²) in [5.41, 5.74) is 1.97. The van der Waals surface area contributed by atoms with Gasteiger partial charge in [0.15, 0.2) is 0 Å². The van der Waals surface area contributed by atoms with Crippen molar-refractivity contribution < 1.29 is 24.2 Å². The van der Waals surface area contributed by atoms with E-state index in [0.717, 1.165) is 5.56 Å². The first-order valence-corrected chi connectivity index (χ1v) is 11.1. The van der Waals surface area contributed by atoms with Gasteiger partial charge in [-0.3, -0.25) is 14.5 Å². The number of aryl methyl sites for hydroxylation is 1. The number of carbonyl (C=O) groups excluding carboxylic acids is 2. The number of Topliss-reactive ketones (excluding diaryl/α,β-unsaturated/α-hetero) is 1. The van der Waals surface area contributed by atoms with Crippen molar-refractivity contribution in [1.29, 1.82) is 0 Å². The number of aliphatic hydroxyl groups is 1. The number of methoxy groups -OCH3 is 2. The smallest absolute Gasteiger partial charge is 0.300 e. The molecule has 3 aromatic carbocycles. The van der Waals surface area contributed by atoms with E-state index in [0.29, 0.717) is 17.0 Å². The standard InChI is InChI=1S/C26H21Cl2NO5/c1-14-6-4-5-7-20(14)29-22(15-8-10-17(33-2)11-9-15)21(24(31)26(29)32)23(30)18-12-16(27)13-19(28)25(18)34-3/h4-13,22,30H,1-3H3/b23-21+. The van der Waals surface area contributed by atoms with Gasteiger partial charge in [0, 0.05) is 10.7 Å². The molecule has 0 aliphatic carbocycles. The van der Waals surface area contributed by atoms with Gasteiger partial charge >= 0.3 is 0 Å². The Balaban J connectivity index is 2.01. The lowest BCUT2D eigenvalue weighted by molar-refractivity contribution is -0.132. The van der Waals surface area contributed by atoms with Crippen LogP contribution < -0.4 is 14.4 Å². The van der Waals surface area contributed by atoms with Gasteiger partial charge in [-0.05, 0) is 48.4 Å². The number of ether oxygens (including phenoxy) is 2. The number of halogens is 2. The molecule has 0 bridgehead atoms. The molecule has 4 rings (SSSR count). The number of ketones is 1. The molecule has 174 valence electrons. The first-order chi connectivity index (χ1) is 16.3. The highest BCUT2D eigenvalue weighted by molar-refractivity contribution is 6.52. The lowest BCUT2D eigenvalue weighted by atomic mass is 9.94. The monoisotopic (exact) mass is 497 g/mol. The van der Waals surface area contributed by atoms with E-state index < -0.39 is 23.5 Å². The average molecular weight is 498 g/mol. The highest BCUT2D eigenvalue weighted by Crippen LogP contribution is 2.45. The third-order valence-electron chi connectivity index (χ3n) is 5.72. The van der Waals surface area contributed by atoms with E-state index in [2.05, 4.69) is 0 Å². The van der Waals surface area contributed by atoms with Gasteiger partial charge in [-0.15, -0.1) is 0 Å². The minimum atomic E-state index is -0.908. The van der Waals surface area contributed by atoms with Crippen LogP contribution in [-0.4, -0.2) is 31.0 Å². The Kier molecular flexibility index (Phi) is 6.55. The number of amides is 1. The van der Waals surface area contributed by atoms with E-state index >= 15 is 0 Å². The second kappa shape index (κ2) is 9.41. The van der Waals surface area contributed by atoms with E-state index in [1.165, 1.54) is 24.1 Å². The van der Waals surface area contributed by atoms with Gasteiger partial charge in [0.1, 0.15) is 17.3 Å². The van der Waals surface area contributed by atoms with Crippen molar-refractivity contribution in [3.63, 3.8) is 0 Å². The minimum Gasteiger partial charge on any atom is -0.507 e. The summed E-state index contributed by atoms with van der Waals surface area (Å²) < 4.78 is 10.6. The molecule has 0 radical (unpaired) electrons. The van der Waals surface area contributed by atoms with Crippen LogP contribution in [-0.2, 0) is 9.59 Å².